The maximum atomic E-state index is 13.5. The van der Waals surface area contributed by atoms with Gasteiger partial charge >= 0.3 is 0 Å². The number of hydrogen-bond acceptors (Lipinski definition) is 4. The molecule has 32 heavy (non-hydrogen) atoms. The molecule has 3 aromatic carbocycles. The molecule has 0 aliphatic rings. The molecule has 1 aromatic heterocycles. The lowest BCUT2D eigenvalue weighted by Gasteiger charge is -2.21. The van der Waals surface area contributed by atoms with Crippen LogP contribution in [0.4, 0.5) is 16.5 Å². The van der Waals surface area contributed by atoms with Crippen LogP contribution in [0, 0.1) is 0 Å². The smallest absolute Gasteiger partial charge is 0.237 e. The molecule has 4 aromatic rings. The fraction of sp³-hybridized carbons (Fsp3) is 0.192. The van der Waals surface area contributed by atoms with E-state index < -0.39 is 0 Å². The van der Waals surface area contributed by atoms with Crippen LogP contribution in [0.25, 0.3) is 10.2 Å². The van der Waals surface area contributed by atoms with Crippen LogP contribution < -0.4 is 10.2 Å². The third-order valence-electron chi connectivity index (χ3n) is 5.17. The summed E-state index contributed by atoms with van der Waals surface area (Å²) >= 11 is 1.51. The highest BCUT2D eigenvalue weighted by molar-refractivity contribution is 7.22. The Hall–Kier alpha value is -3.51. The van der Waals surface area contributed by atoms with Gasteiger partial charge in [0, 0.05) is 12.6 Å². The van der Waals surface area contributed by atoms with Gasteiger partial charge in [0.05, 0.1) is 22.3 Å². The molecule has 5 nitrogen and oxygen atoms in total. The molecule has 0 saturated carbocycles. The predicted molar refractivity (Wildman–Crippen MR) is 132 cm³/mol. The molecular weight excluding hydrogens is 418 g/mol. The Morgan fingerprint density at radius 3 is 2.28 bits per heavy atom. The predicted octanol–water partition coefficient (Wildman–Crippen LogP) is 6.29. The van der Waals surface area contributed by atoms with Gasteiger partial charge in [0.2, 0.25) is 11.8 Å². The highest BCUT2D eigenvalue weighted by atomic mass is 32.1. The van der Waals surface area contributed by atoms with E-state index in [4.69, 9.17) is 4.98 Å². The molecule has 4 rings (SSSR count). The number of para-hydroxylation sites is 1. The van der Waals surface area contributed by atoms with Crippen molar-refractivity contribution in [1.82, 2.24) is 4.98 Å². The number of thiazole rings is 1. The lowest BCUT2D eigenvalue weighted by atomic mass is 10.0. The molecule has 0 radical (unpaired) electrons. The summed E-state index contributed by atoms with van der Waals surface area (Å²) in [7, 11) is 0. The van der Waals surface area contributed by atoms with E-state index >= 15 is 0 Å². The SMILES string of the molecule is CC(=O)Nc1ccc(CC(=O)N(c2ccc(C(C)C)cc2)c2nc3ccccc3s2)cc1. The summed E-state index contributed by atoms with van der Waals surface area (Å²) in [5, 5.41) is 3.40. The normalized spacial score (nSPS) is 11.0. The number of nitrogens with one attached hydrogen (secondary N) is 1. The lowest BCUT2D eigenvalue weighted by molar-refractivity contribution is -0.117. The van der Waals surface area contributed by atoms with E-state index in [0.29, 0.717) is 16.7 Å². The van der Waals surface area contributed by atoms with Crippen LogP contribution >= 0.6 is 11.3 Å². The van der Waals surface area contributed by atoms with Gasteiger partial charge in [0.1, 0.15) is 0 Å². The van der Waals surface area contributed by atoms with Crippen molar-refractivity contribution in [3.63, 3.8) is 0 Å². The van der Waals surface area contributed by atoms with Gasteiger partial charge in [-0.05, 0) is 53.4 Å². The van der Waals surface area contributed by atoms with E-state index in [0.717, 1.165) is 21.5 Å². The molecule has 0 saturated heterocycles. The van der Waals surface area contributed by atoms with E-state index in [9.17, 15) is 9.59 Å². The number of rotatable bonds is 6. The monoisotopic (exact) mass is 443 g/mol. The summed E-state index contributed by atoms with van der Waals surface area (Å²) in [5.74, 6) is 0.229. The lowest BCUT2D eigenvalue weighted by Crippen LogP contribution is -2.27. The first-order valence-electron chi connectivity index (χ1n) is 10.6. The number of carbonyl (C=O) groups is 2. The van der Waals surface area contributed by atoms with Gasteiger partial charge < -0.3 is 5.32 Å². The maximum absolute atomic E-state index is 13.5. The second kappa shape index (κ2) is 9.32. The molecule has 1 N–H and O–H groups in total. The first kappa shape index (κ1) is 21.7. The van der Waals surface area contributed by atoms with Crippen molar-refractivity contribution in [2.45, 2.75) is 33.1 Å². The number of aromatic nitrogens is 1. The summed E-state index contributed by atoms with van der Waals surface area (Å²) < 4.78 is 1.04. The largest absolute Gasteiger partial charge is 0.326 e. The number of anilines is 3. The van der Waals surface area contributed by atoms with E-state index in [1.54, 1.807) is 4.90 Å². The minimum absolute atomic E-state index is 0.0615. The Balaban J connectivity index is 1.66. The van der Waals surface area contributed by atoms with Gasteiger partial charge in [-0.1, -0.05) is 61.6 Å². The van der Waals surface area contributed by atoms with Crippen LogP contribution in [0.15, 0.2) is 72.8 Å². The summed E-state index contributed by atoms with van der Waals surface area (Å²) in [6, 6.07) is 23.3. The maximum Gasteiger partial charge on any atom is 0.237 e. The van der Waals surface area contributed by atoms with Crippen molar-refractivity contribution in [2.75, 3.05) is 10.2 Å². The second-order valence-electron chi connectivity index (χ2n) is 7.99. The molecule has 0 unspecified atom stereocenters. The molecule has 0 fully saturated rings. The Morgan fingerprint density at radius 2 is 1.66 bits per heavy atom. The molecule has 0 spiro atoms. The van der Waals surface area contributed by atoms with Gasteiger partial charge in [-0.2, -0.15) is 0 Å². The highest BCUT2D eigenvalue weighted by Gasteiger charge is 2.22. The van der Waals surface area contributed by atoms with Crippen LogP contribution in [0.1, 0.15) is 37.8 Å². The fourth-order valence-corrected chi connectivity index (χ4v) is 4.49. The number of benzene rings is 3. The second-order valence-corrected chi connectivity index (χ2v) is 9.00. The molecule has 0 aliphatic carbocycles. The van der Waals surface area contributed by atoms with Crippen molar-refractivity contribution >= 4 is 49.9 Å². The Morgan fingerprint density at radius 1 is 0.969 bits per heavy atom. The van der Waals surface area contributed by atoms with E-state index in [-0.39, 0.29) is 18.2 Å². The number of fused-ring (bicyclic) bond motifs is 1. The van der Waals surface area contributed by atoms with E-state index in [1.807, 2.05) is 60.7 Å². The molecule has 2 amide bonds. The number of carbonyl (C=O) groups excluding carboxylic acids is 2. The molecule has 0 aliphatic heterocycles. The van der Waals surface area contributed by atoms with Crippen molar-refractivity contribution in [3.8, 4) is 0 Å². The van der Waals surface area contributed by atoms with Crippen LogP contribution in [-0.4, -0.2) is 16.8 Å². The van der Waals surface area contributed by atoms with Crippen molar-refractivity contribution in [1.29, 1.82) is 0 Å². The van der Waals surface area contributed by atoms with Crippen molar-refractivity contribution < 1.29 is 9.59 Å². The number of nitrogens with zero attached hydrogens (tertiary/aromatic N) is 2. The quantitative estimate of drug-likeness (QED) is 0.381. The van der Waals surface area contributed by atoms with Crippen LogP contribution in [-0.2, 0) is 16.0 Å². The van der Waals surface area contributed by atoms with Crippen LogP contribution in [0.3, 0.4) is 0 Å². The zero-order chi connectivity index (χ0) is 22.7. The summed E-state index contributed by atoms with van der Waals surface area (Å²) in [5.41, 5.74) is 4.48. The fourth-order valence-electron chi connectivity index (χ4n) is 3.49. The minimum Gasteiger partial charge on any atom is -0.326 e. The first-order chi connectivity index (χ1) is 15.4. The van der Waals surface area contributed by atoms with Gasteiger partial charge in [-0.25, -0.2) is 4.98 Å². The Labute approximate surface area is 191 Å². The van der Waals surface area contributed by atoms with Gasteiger partial charge in [0.15, 0.2) is 5.13 Å². The molecule has 0 bridgehead atoms. The number of amides is 2. The van der Waals surface area contributed by atoms with Crippen LogP contribution in [0.5, 0.6) is 0 Å². The molecular formula is C26H25N3O2S. The van der Waals surface area contributed by atoms with Crippen molar-refractivity contribution in [2.24, 2.45) is 0 Å². The van der Waals surface area contributed by atoms with Gasteiger partial charge in [0.25, 0.3) is 0 Å². The standard InChI is InChI=1S/C26H25N3O2S/c1-17(2)20-10-14-22(15-11-20)29(26-28-23-6-4-5-7-24(23)32-26)25(31)16-19-8-12-21(13-9-19)27-18(3)30/h4-15,17H,16H2,1-3H3,(H,27,30). The summed E-state index contributed by atoms with van der Waals surface area (Å²) in [4.78, 5) is 31.2. The average molecular weight is 444 g/mol. The average Bonchev–Trinajstić information content (AvgIpc) is 3.19. The van der Waals surface area contributed by atoms with Gasteiger partial charge in [-0.15, -0.1) is 0 Å². The molecule has 1 heterocycles. The minimum atomic E-state index is -0.124. The summed E-state index contributed by atoms with van der Waals surface area (Å²) in [6.07, 6.45) is 0.224. The number of hydrogen-bond donors (Lipinski definition) is 1. The Bertz CT molecular complexity index is 1210. The third kappa shape index (κ3) is 4.86. The zero-order valence-corrected chi connectivity index (χ0v) is 19.1. The molecule has 162 valence electrons. The summed E-state index contributed by atoms with van der Waals surface area (Å²) in [6.45, 7) is 5.77. The molecule has 6 heteroatoms. The first-order valence-corrected chi connectivity index (χ1v) is 11.4. The molecule has 0 atom stereocenters. The highest BCUT2D eigenvalue weighted by Crippen LogP contribution is 2.34. The van der Waals surface area contributed by atoms with Crippen LogP contribution in [0.2, 0.25) is 0 Å². The van der Waals surface area contributed by atoms with Crippen molar-refractivity contribution in [3.05, 3.63) is 83.9 Å². The topological polar surface area (TPSA) is 62.3 Å². The van der Waals surface area contributed by atoms with Gasteiger partial charge in [-0.3, -0.25) is 14.5 Å². The van der Waals surface area contributed by atoms with E-state index in [2.05, 4.69) is 31.3 Å². The third-order valence-corrected chi connectivity index (χ3v) is 6.19. The van der Waals surface area contributed by atoms with E-state index in [1.165, 1.54) is 23.8 Å². The zero-order valence-electron chi connectivity index (χ0n) is 18.3. The Kier molecular flexibility index (Phi) is 6.32.